The van der Waals surface area contributed by atoms with Crippen molar-refractivity contribution >= 4 is 17.5 Å². The van der Waals surface area contributed by atoms with Crippen molar-refractivity contribution in [1.29, 1.82) is 0 Å². The molecule has 1 unspecified atom stereocenters. The number of benzene rings is 1. The van der Waals surface area contributed by atoms with Crippen LogP contribution in [0.4, 0.5) is 0 Å². The van der Waals surface area contributed by atoms with Crippen LogP contribution in [0, 0.1) is 5.41 Å². The van der Waals surface area contributed by atoms with E-state index in [0.29, 0.717) is 23.6 Å². The number of amides is 1. The van der Waals surface area contributed by atoms with Gasteiger partial charge >= 0.3 is 0 Å². The van der Waals surface area contributed by atoms with Crippen LogP contribution < -0.4 is 14.8 Å². The molecule has 1 heterocycles. The van der Waals surface area contributed by atoms with Gasteiger partial charge in [0, 0.05) is 12.1 Å². The van der Waals surface area contributed by atoms with Crippen molar-refractivity contribution in [3.8, 4) is 11.5 Å². The van der Waals surface area contributed by atoms with Crippen LogP contribution in [-0.2, 0) is 0 Å². The lowest BCUT2D eigenvalue weighted by molar-refractivity contribution is 0.0951. The Labute approximate surface area is 124 Å². The summed E-state index contributed by atoms with van der Waals surface area (Å²) in [6.07, 6.45) is 0.843. The average Bonchev–Trinajstić information content (AvgIpc) is 2.80. The number of carbonyl (C=O) groups excluding carboxylic acids is 1. The molecule has 0 saturated carbocycles. The first-order chi connectivity index (χ1) is 9.35. The molecule has 0 radical (unpaired) electrons. The fourth-order valence-corrected chi connectivity index (χ4v) is 2.62. The highest BCUT2D eigenvalue weighted by Crippen LogP contribution is 2.32. The van der Waals surface area contributed by atoms with Crippen molar-refractivity contribution < 1.29 is 14.3 Å². The van der Waals surface area contributed by atoms with Crippen molar-refractivity contribution in [2.45, 2.75) is 32.6 Å². The minimum absolute atomic E-state index is 0.0760. The Hall–Kier alpha value is -1.42. The highest BCUT2D eigenvalue weighted by molar-refractivity contribution is 6.21. The van der Waals surface area contributed by atoms with Gasteiger partial charge in [-0.15, -0.1) is 11.6 Å². The number of alkyl halides is 1. The molecular weight excluding hydrogens is 278 g/mol. The molecule has 0 aliphatic carbocycles. The first-order valence-corrected chi connectivity index (χ1v) is 7.11. The minimum Gasteiger partial charge on any atom is -0.454 e. The smallest absolute Gasteiger partial charge is 0.251 e. The first-order valence-electron chi connectivity index (χ1n) is 6.67. The second-order valence-corrected chi connectivity index (χ2v) is 6.76. The number of rotatable bonds is 4. The summed E-state index contributed by atoms with van der Waals surface area (Å²) in [4.78, 5) is 12.0. The van der Waals surface area contributed by atoms with E-state index in [-0.39, 0.29) is 23.5 Å². The third-order valence-electron chi connectivity index (χ3n) is 2.95. The van der Waals surface area contributed by atoms with Gasteiger partial charge in [0.25, 0.3) is 5.91 Å². The summed E-state index contributed by atoms with van der Waals surface area (Å²) in [5, 5.41) is 2.77. The summed E-state index contributed by atoms with van der Waals surface area (Å²) in [5.74, 6) is 1.13. The van der Waals surface area contributed by atoms with Crippen molar-refractivity contribution in [2.75, 3.05) is 13.3 Å². The molecule has 20 heavy (non-hydrogen) atoms. The van der Waals surface area contributed by atoms with E-state index < -0.39 is 0 Å². The monoisotopic (exact) mass is 297 g/mol. The molecule has 1 aliphatic rings. The van der Waals surface area contributed by atoms with Gasteiger partial charge in [-0.25, -0.2) is 0 Å². The third kappa shape index (κ3) is 4.04. The van der Waals surface area contributed by atoms with Gasteiger partial charge in [0.2, 0.25) is 6.79 Å². The van der Waals surface area contributed by atoms with Crippen LogP contribution in [0.25, 0.3) is 0 Å². The van der Waals surface area contributed by atoms with Crippen LogP contribution in [0.5, 0.6) is 11.5 Å². The minimum atomic E-state index is -0.150. The van der Waals surface area contributed by atoms with Gasteiger partial charge in [-0.05, 0) is 30.0 Å². The Morgan fingerprint density at radius 1 is 1.35 bits per heavy atom. The Kier molecular flexibility index (Phi) is 4.43. The van der Waals surface area contributed by atoms with E-state index >= 15 is 0 Å². The Morgan fingerprint density at radius 2 is 2.05 bits per heavy atom. The van der Waals surface area contributed by atoms with Gasteiger partial charge in [-0.1, -0.05) is 20.8 Å². The van der Waals surface area contributed by atoms with Gasteiger partial charge in [-0.2, -0.15) is 0 Å². The Balaban J connectivity index is 1.89. The van der Waals surface area contributed by atoms with Crippen LogP contribution in [0.2, 0.25) is 0 Å². The van der Waals surface area contributed by atoms with Gasteiger partial charge < -0.3 is 14.8 Å². The molecule has 0 aromatic heterocycles. The molecule has 1 aliphatic heterocycles. The van der Waals surface area contributed by atoms with E-state index in [0.717, 1.165) is 6.42 Å². The van der Waals surface area contributed by atoms with Crippen LogP contribution in [0.15, 0.2) is 18.2 Å². The van der Waals surface area contributed by atoms with Gasteiger partial charge in [0.1, 0.15) is 0 Å². The molecule has 1 aromatic rings. The SMILES string of the molecule is CC(C)(C)CC(Cl)CNC(=O)c1ccc2c(c1)OCO2. The number of ether oxygens (including phenoxy) is 2. The highest BCUT2D eigenvalue weighted by atomic mass is 35.5. The molecule has 0 saturated heterocycles. The summed E-state index contributed by atoms with van der Waals surface area (Å²) in [6.45, 7) is 7.04. The van der Waals surface area contributed by atoms with Crippen molar-refractivity contribution in [2.24, 2.45) is 5.41 Å². The molecule has 1 aromatic carbocycles. The molecular formula is C15H20ClNO3. The van der Waals surface area contributed by atoms with Crippen LogP contribution in [0.1, 0.15) is 37.6 Å². The van der Waals surface area contributed by atoms with E-state index in [4.69, 9.17) is 21.1 Å². The molecule has 1 N–H and O–H groups in total. The zero-order valence-electron chi connectivity index (χ0n) is 12.0. The molecule has 5 heteroatoms. The summed E-state index contributed by atoms with van der Waals surface area (Å²) in [7, 11) is 0. The summed E-state index contributed by atoms with van der Waals surface area (Å²) < 4.78 is 10.5. The standard InChI is InChI=1S/C15H20ClNO3/c1-15(2,3)7-11(16)8-17-14(18)10-4-5-12-13(6-10)20-9-19-12/h4-6,11H,7-9H2,1-3H3,(H,17,18). The van der Waals surface area contributed by atoms with E-state index in [1.807, 2.05) is 0 Å². The fourth-order valence-electron chi connectivity index (χ4n) is 2.08. The highest BCUT2D eigenvalue weighted by Gasteiger charge is 2.19. The Bertz CT molecular complexity index is 496. The molecule has 2 rings (SSSR count). The summed E-state index contributed by atoms with van der Waals surface area (Å²) >= 11 is 6.23. The predicted octanol–water partition coefficient (Wildman–Crippen LogP) is 3.19. The average molecular weight is 298 g/mol. The first kappa shape index (κ1) is 15.0. The predicted molar refractivity (Wildman–Crippen MR) is 78.6 cm³/mol. The van der Waals surface area contributed by atoms with E-state index in [1.165, 1.54) is 0 Å². The van der Waals surface area contributed by atoms with Crippen LogP contribution in [0.3, 0.4) is 0 Å². The van der Waals surface area contributed by atoms with E-state index in [1.54, 1.807) is 18.2 Å². The summed E-state index contributed by atoms with van der Waals surface area (Å²) in [6, 6.07) is 5.14. The number of fused-ring (bicyclic) bond motifs is 1. The topological polar surface area (TPSA) is 47.6 Å². The lowest BCUT2D eigenvalue weighted by atomic mass is 9.90. The third-order valence-corrected chi connectivity index (χ3v) is 3.26. The van der Waals surface area contributed by atoms with Crippen LogP contribution >= 0.6 is 11.6 Å². The van der Waals surface area contributed by atoms with E-state index in [9.17, 15) is 4.79 Å². The van der Waals surface area contributed by atoms with Crippen molar-refractivity contribution in [3.05, 3.63) is 23.8 Å². The fraction of sp³-hybridized carbons (Fsp3) is 0.533. The number of hydrogen-bond acceptors (Lipinski definition) is 3. The second-order valence-electron chi connectivity index (χ2n) is 6.14. The zero-order chi connectivity index (χ0) is 14.8. The van der Waals surface area contributed by atoms with Gasteiger partial charge in [0.05, 0.1) is 5.38 Å². The second kappa shape index (κ2) is 5.92. The van der Waals surface area contributed by atoms with Gasteiger partial charge in [-0.3, -0.25) is 4.79 Å². The maximum atomic E-state index is 12.0. The molecule has 0 spiro atoms. The zero-order valence-corrected chi connectivity index (χ0v) is 12.8. The van der Waals surface area contributed by atoms with Crippen molar-refractivity contribution in [1.82, 2.24) is 5.32 Å². The lowest BCUT2D eigenvalue weighted by Crippen LogP contribution is -2.31. The molecule has 0 bridgehead atoms. The molecule has 1 amide bonds. The molecule has 0 fully saturated rings. The molecule has 1 atom stereocenters. The maximum Gasteiger partial charge on any atom is 0.251 e. The number of nitrogens with one attached hydrogen (secondary N) is 1. The number of carbonyl (C=O) groups is 1. The van der Waals surface area contributed by atoms with Crippen molar-refractivity contribution in [3.63, 3.8) is 0 Å². The lowest BCUT2D eigenvalue weighted by Gasteiger charge is -2.22. The van der Waals surface area contributed by atoms with Crippen LogP contribution in [-0.4, -0.2) is 24.6 Å². The largest absolute Gasteiger partial charge is 0.454 e. The quantitative estimate of drug-likeness (QED) is 0.868. The Morgan fingerprint density at radius 3 is 2.75 bits per heavy atom. The summed E-state index contributed by atoms with van der Waals surface area (Å²) in [5.41, 5.74) is 0.699. The number of halogens is 1. The molecule has 110 valence electrons. The van der Waals surface area contributed by atoms with Gasteiger partial charge in [0.15, 0.2) is 11.5 Å². The van der Waals surface area contributed by atoms with E-state index in [2.05, 4.69) is 26.1 Å². The molecule has 4 nitrogen and oxygen atoms in total. The normalized spacial score (nSPS) is 15.0. The number of hydrogen-bond donors (Lipinski definition) is 1. The maximum absolute atomic E-state index is 12.0.